The number of hydrogen-bond donors (Lipinski definition) is 1. The SMILES string of the molecule is Cc1cc(Oc2ccc(CNC3CC3)nn2)cc(C)c1Br. The normalized spacial score (nSPS) is 14.2. The van der Waals surface area contributed by atoms with Crippen molar-refractivity contribution in [1.82, 2.24) is 15.5 Å². The Bertz CT molecular complexity index is 615. The van der Waals surface area contributed by atoms with Crippen LogP contribution < -0.4 is 10.1 Å². The molecule has 0 saturated heterocycles. The van der Waals surface area contributed by atoms with E-state index in [9.17, 15) is 0 Å². The summed E-state index contributed by atoms with van der Waals surface area (Å²) in [6.45, 7) is 4.86. The summed E-state index contributed by atoms with van der Waals surface area (Å²) in [5, 5.41) is 11.7. The average molecular weight is 348 g/mol. The van der Waals surface area contributed by atoms with E-state index in [1.807, 2.05) is 38.1 Å². The van der Waals surface area contributed by atoms with Crippen molar-refractivity contribution in [3.63, 3.8) is 0 Å². The molecule has 1 saturated carbocycles. The Labute approximate surface area is 133 Å². The summed E-state index contributed by atoms with van der Waals surface area (Å²) < 4.78 is 6.89. The lowest BCUT2D eigenvalue weighted by molar-refractivity contribution is 0.452. The Morgan fingerprint density at radius 2 is 1.90 bits per heavy atom. The zero-order valence-electron chi connectivity index (χ0n) is 12.2. The molecule has 0 atom stereocenters. The number of nitrogens with zero attached hydrogens (tertiary/aromatic N) is 2. The third-order valence-corrected chi connectivity index (χ3v) is 4.73. The van der Waals surface area contributed by atoms with Crippen molar-refractivity contribution in [3.8, 4) is 11.6 Å². The summed E-state index contributed by atoms with van der Waals surface area (Å²) in [5.41, 5.74) is 3.23. The monoisotopic (exact) mass is 347 g/mol. The molecule has 2 aromatic rings. The van der Waals surface area contributed by atoms with Crippen LogP contribution in [-0.4, -0.2) is 16.2 Å². The summed E-state index contributed by atoms with van der Waals surface area (Å²) in [6.07, 6.45) is 2.55. The zero-order valence-corrected chi connectivity index (χ0v) is 13.8. The molecule has 5 heteroatoms. The second kappa shape index (κ2) is 6.12. The van der Waals surface area contributed by atoms with Gasteiger partial charge in [-0.1, -0.05) is 15.9 Å². The van der Waals surface area contributed by atoms with E-state index in [1.165, 1.54) is 12.8 Å². The van der Waals surface area contributed by atoms with Gasteiger partial charge in [0, 0.05) is 23.1 Å². The molecule has 1 aromatic carbocycles. The highest BCUT2D eigenvalue weighted by molar-refractivity contribution is 9.10. The predicted octanol–water partition coefficient (Wildman–Crippen LogP) is 3.90. The molecule has 1 N–H and O–H groups in total. The van der Waals surface area contributed by atoms with E-state index in [0.717, 1.165) is 33.6 Å². The maximum Gasteiger partial charge on any atom is 0.238 e. The second-order valence-electron chi connectivity index (χ2n) is 5.49. The Morgan fingerprint density at radius 1 is 1.19 bits per heavy atom. The number of rotatable bonds is 5. The first-order valence-electron chi connectivity index (χ1n) is 7.12. The Kier molecular flexibility index (Phi) is 4.22. The van der Waals surface area contributed by atoms with Crippen LogP contribution in [0.3, 0.4) is 0 Å². The van der Waals surface area contributed by atoms with Crippen LogP contribution in [0.2, 0.25) is 0 Å². The highest BCUT2D eigenvalue weighted by atomic mass is 79.9. The van der Waals surface area contributed by atoms with Crippen LogP contribution in [0.5, 0.6) is 11.6 Å². The van der Waals surface area contributed by atoms with Crippen molar-refractivity contribution in [3.05, 3.63) is 45.6 Å². The minimum Gasteiger partial charge on any atom is -0.438 e. The van der Waals surface area contributed by atoms with E-state index >= 15 is 0 Å². The number of aromatic nitrogens is 2. The molecule has 1 aliphatic carbocycles. The van der Waals surface area contributed by atoms with Gasteiger partial charge in [-0.2, -0.15) is 5.10 Å². The highest BCUT2D eigenvalue weighted by Crippen LogP contribution is 2.28. The summed E-state index contributed by atoms with van der Waals surface area (Å²) in [4.78, 5) is 0. The molecule has 0 unspecified atom stereocenters. The minimum atomic E-state index is 0.520. The molecule has 21 heavy (non-hydrogen) atoms. The Hall–Kier alpha value is -1.46. The third-order valence-electron chi connectivity index (χ3n) is 3.48. The standard InChI is InChI=1S/C16H18BrN3O/c1-10-7-14(8-11(2)16(10)17)21-15-6-5-13(19-20-15)9-18-12-3-4-12/h5-8,12,18H,3-4,9H2,1-2H3. The fourth-order valence-corrected chi connectivity index (χ4v) is 2.35. The summed E-state index contributed by atoms with van der Waals surface area (Å²) >= 11 is 3.55. The van der Waals surface area contributed by atoms with Gasteiger partial charge in [0.25, 0.3) is 0 Å². The van der Waals surface area contributed by atoms with Crippen molar-refractivity contribution >= 4 is 15.9 Å². The van der Waals surface area contributed by atoms with Gasteiger partial charge in [-0.15, -0.1) is 5.10 Å². The predicted molar refractivity (Wildman–Crippen MR) is 85.6 cm³/mol. The molecule has 1 heterocycles. The molecule has 0 spiro atoms. The molecule has 1 fully saturated rings. The van der Waals surface area contributed by atoms with Crippen LogP contribution in [0.15, 0.2) is 28.7 Å². The molecule has 0 amide bonds. The first kappa shape index (κ1) is 14.5. The lowest BCUT2D eigenvalue weighted by Crippen LogP contribution is -2.16. The summed E-state index contributed by atoms with van der Waals surface area (Å²) in [7, 11) is 0. The van der Waals surface area contributed by atoms with E-state index in [1.54, 1.807) is 0 Å². The van der Waals surface area contributed by atoms with Crippen LogP contribution in [0, 0.1) is 13.8 Å². The van der Waals surface area contributed by atoms with E-state index < -0.39 is 0 Å². The summed E-state index contributed by atoms with van der Waals surface area (Å²) in [5.74, 6) is 1.30. The average Bonchev–Trinajstić information content (AvgIpc) is 3.28. The minimum absolute atomic E-state index is 0.520. The van der Waals surface area contributed by atoms with Gasteiger partial charge in [-0.05, 0) is 56.0 Å². The zero-order chi connectivity index (χ0) is 14.8. The van der Waals surface area contributed by atoms with E-state index in [-0.39, 0.29) is 0 Å². The van der Waals surface area contributed by atoms with Crippen molar-refractivity contribution in [1.29, 1.82) is 0 Å². The lowest BCUT2D eigenvalue weighted by Gasteiger charge is -2.09. The van der Waals surface area contributed by atoms with Gasteiger partial charge in [0.1, 0.15) is 5.75 Å². The topological polar surface area (TPSA) is 47.0 Å². The van der Waals surface area contributed by atoms with Crippen molar-refractivity contribution in [2.75, 3.05) is 0 Å². The fraction of sp³-hybridized carbons (Fsp3) is 0.375. The number of benzene rings is 1. The Morgan fingerprint density at radius 3 is 2.48 bits per heavy atom. The number of halogens is 1. The molecule has 3 rings (SSSR count). The van der Waals surface area contributed by atoms with Crippen LogP contribution >= 0.6 is 15.9 Å². The first-order chi connectivity index (χ1) is 10.1. The largest absolute Gasteiger partial charge is 0.438 e. The lowest BCUT2D eigenvalue weighted by atomic mass is 10.1. The molecule has 110 valence electrons. The molecule has 1 aliphatic rings. The van der Waals surface area contributed by atoms with Gasteiger partial charge in [-0.3, -0.25) is 0 Å². The van der Waals surface area contributed by atoms with Gasteiger partial charge < -0.3 is 10.1 Å². The number of ether oxygens (including phenoxy) is 1. The number of hydrogen-bond acceptors (Lipinski definition) is 4. The Balaban J connectivity index is 1.66. The fourth-order valence-electron chi connectivity index (χ4n) is 2.12. The van der Waals surface area contributed by atoms with Gasteiger partial charge in [0.05, 0.1) is 5.69 Å². The van der Waals surface area contributed by atoms with Crippen LogP contribution in [0.4, 0.5) is 0 Å². The van der Waals surface area contributed by atoms with E-state index in [2.05, 4.69) is 31.4 Å². The van der Waals surface area contributed by atoms with Gasteiger partial charge in [-0.25, -0.2) is 0 Å². The van der Waals surface area contributed by atoms with Gasteiger partial charge in [0.2, 0.25) is 5.88 Å². The van der Waals surface area contributed by atoms with Crippen molar-refractivity contribution in [2.45, 2.75) is 39.3 Å². The maximum absolute atomic E-state index is 5.77. The third kappa shape index (κ3) is 3.80. The smallest absolute Gasteiger partial charge is 0.238 e. The number of aryl methyl sites for hydroxylation is 2. The molecule has 4 nitrogen and oxygen atoms in total. The van der Waals surface area contributed by atoms with E-state index in [4.69, 9.17) is 4.74 Å². The van der Waals surface area contributed by atoms with Crippen molar-refractivity contribution in [2.24, 2.45) is 0 Å². The highest BCUT2D eigenvalue weighted by Gasteiger charge is 2.20. The summed E-state index contributed by atoms with van der Waals surface area (Å²) in [6, 6.07) is 8.47. The first-order valence-corrected chi connectivity index (χ1v) is 7.92. The van der Waals surface area contributed by atoms with Crippen LogP contribution in [-0.2, 0) is 6.54 Å². The quantitative estimate of drug-likeness (QED) is 0.890. The van der Waals surface area contributed by atoms with Gasteiger partial charge in [0.15, 0.2) is 0 Å². The molecule has 0 aliphatic heterocycles. The molecular formula is C16H18BrN3O. The molecule has 0 radical (unpaired) electrons. The number of nitrogens with one attached hydrogen (secondary N) is 1. The van der Waals surface area contributed by atoms with Crippen LogP contribution in [0.1, 0.15) is 29.7 Å². The van der Waals surface area contributed by atoms with Gasteiger partial charge >= 0.3 is 0 Å². The van der Waals surface area contributed by atoms with E-state index in [0.29, 0.717) is 11.9 Å². The van der Waals surface area contributed by atoms with Crippen LogP contribution in [0.25, 0.3) is 0 Å². The molecular weight excluding hydrogens is 330 g/mol. The second-order valence-corrected chi connectivity index (χ2v) is 6.28. The molecule has 1 aromatic heterocycles. The van der Waals surface area contributed by atoms with Crippen molar-refractivity contribution < 1.29 is 4.74 Å². The molecule has 0 bridgehead atoms. The maximum atomic E-state index is 5.77.